The highest BCUT2D eigenvalue weighted by Gasteiger charge is 2.10. The Hall–Kier alpha value is -1.09. The minimum atomic E-state index is 0.161. The Balaban J connectivity index is 2.85. The van der Waals surface area contributed by atoms with Gasteiger partial charge in [-0.05, 0) is 39.3 Å². The van der Waals surface area contributed by atoms with E-state index in [1.807, 2.05) is 23.6 Å². The summed E-state index contributed by atoms with van der Waals surface area (Å²) in [5.74, 6) is 0. The summed E-state index contributed by atoms with van der Waals surface area (Å²) in [5.41, 5.74) is 2.08. The first-order valence-electron chi connectivity index (χ1n) is 7.03. The van der Waals surface area contributed by atoms with Crippen LogP contribution in [0.2, 0.25) is 0 Å². The molecule has 0 aliphatic carbocycles. The van der Waals surface area contributed by atoms with Crippen LogP contribution < -0.4 is 10.9 Å². The fourth-order valence-electron chi connectivity index (χ4n) is 2.08. The number of pyridine rings is 1. The molecule has 0 saturated heterocycles. The number of hydrogen-bond acceptors (Lipinski definition) is 2. The van der Waals surface area contributed by atoms with E-state index in [1.165, 1.54) is 6.42 Å². The topological polar surface area (TPSA) is 34.0 Å². The molecule has 0 fully saturated rings. The van der Waals surface area contributed by atoms with Crippen molar-refractivity contribution in [1.82, 2.24) is 9.88 Å². The zero-order valence-corrected chi connectivity index (χ0v) is 12.1. The van der Waals surface area contributed by atoms with Crippen LogP contribution in [-0.2, 0) is 6.54 Å². The van der Waals surface area contributed by atoms with Gasteiger partial charge in [0.05, 0.1) is 0 Å². The summed E-state index contributed by atoms with van der Waals surface area (Å²) in [4.78, 5) is 12.4. The first-order chi connectivity index (χ1) is 8.61. The molecule has 1 aromatic rings. The molecule has 0 amide bonds. The number of aryl methyl sites for hydroxylation is 1. The maximum absolute atomic E-state index is 12.4. The largest absolute Gasteiger partial charge is 0.312 e. The van der Waals surface area contributed by atoms with E-state index in [4.69, 9.17) is 0 Å². The molecule has 0 aromatic carbocycles. The van der Waals surface area contributed by atoms with E-state index in [1.54, 1.807) is 0 Å². The Morgan fingerprint density at radius 1 is 1.33 bits per heavy atom. The molecule has 1 rings (SSSR count). The molecule has 1 aromatic heterocycles. The normalized spacial score (nSPS) is 12.7. The summed E-state index contributed by atoms with van der Waals surface area (Å²) >= 11 is 0. The van der Waals surface area contributed by atoms with Gasteiger partial charge in [0.15, 0.2) is 0 Å². The highest BCUT2D eigenvalue weighted by atomic mass is 16.1. The average Bonchev–Trinajstić information content (AvgIpc) is 2.36. The van der Waals surface area contributed by atoms with Gasteiger partial charge >= 0.3 is 0 Å². The van der Waals surface area contributed by atoms with Gasteiger partial charge in [-0.15, -0.1) is 0 Å². The van der Waals surface area contributed by atoms with Gasteiger partial charge in [0.2, 0.25) is 0 Å². The van der Waals surface area contributed by atoms with E-state index >= 15 is 0 Å². The molecule has 1 heterocycles. The molecule has 1 N–H and O–H groups in total. The molecule has 1 atom stereocenters. The van der Waals surface area contributed by atoms with E-state index in [2.05, 4.69) is 26.1 Å². The zero-order valence-electron chi connectivity index (χ0n) is 12.1. The van der Waals surface area contributed by atoms with Crippen molar-refractivity contribution in [2.75, 3.05) is 6.54 Å². The smallest absolute Gasteiger partial charge is 0.255 e. The lowest BCUT2D eigenvalue weighted by Gasteiger charge is -2.17. The van der Waals surface area contributed by atoms with Crippen molar-refractivity contribution >= 4 is 0 Å². The lowest BCUT2D eigenvalue weighted by molar-refractivity contribution is 0.496. The Kier molecular flexibility index (Phi) is 6.13. The van der Waals surface area contributed by atoms with Crippen molar-refractivity contribution < 1.29 is 0 Å². The maximum atomic E-state index is 12.4. The van der Waals surface area contributed by atoms with Gasteiger partial charge in [-0.3, -0.25) is 4.79 Å². The molecule has 0 bridgehead atoms. The second kappa shape index (κ2) is 7.37. The first-order valence-corrected chi connectivity index (χ1v) is 7.03. The standard InChI is InChI=1S/C15H26N2O/c1-5-7-10-16-11-14-9-8-13(4)17(15(14)18)12(3)6-2/h8-9,12,16H,5-7,10-11H2,1-4H3. The Bertz CT molecular complexity index is 423. The highest BCUT2D eigenvalue weighted by molar-refractivity contribution is 5.16. The molecule has 0 aliphatic heterocycles. The van der Waals surface area contributed by atoms with Crippen molar-refractivity contribution in [1.29, 1.82) is 0 Å². The minimum absolute atomic E-state index is 0.161. The predicted octanol–water partition coefficient (Wildman–Crippen LogP) is 3.02. The second-order valence-electron chi connectivity index (χ2n) is 4.96. The maximum Gasteiger partial charge on any atom is 0.255 e. The summed E-state index contributed by atoms with van der Waals surface area (Å²) in [6.45, 7) is 10.0. The SMILES string of the molecule is CCCCNCc1ccc(C)n(C(C)CC)c1=O. The monoisotopic (exact) mass is 250 g/mol. The van der Waals surface area contributed by atoms with Crippen molar-refractivity contribution in [2.45, 2.75) is 59.5 Å². The van der Waals surface area contributed by atoms with Gasteiger partial charge in [-0.2, -0.15) is 0 Å². The van der Waals surface area contributed by atoms with Gasteiger partial charge in [0.25, 0.3) is 5.56 Å². The molecule has 0 saturated carbocycles. The van der Waals surface area contributed by atoms with E-state index in [9.17, 15) is 4.79 Å². The van der Waals surface area contributed by atoms with Crippen molar-refractivity contribution in [3.63, 3.8) is 0 Å². The molecule has 3 nitrogen and oxygen atoms in total. The second-order valence-corrected chi connectivity index (χ2v) is 4.96. The summed E-state index contributed by atoms with van der Waals surface area (Å²) in [6.07, 6.45) is 3.32. The fourth-order valence-corrected chi connectivity index (χ4v) is 2.08. The molecule has 102 valence electrons. The first kappa shape index (κ1) is 15.0. The third kappa shape index (κ3) is 3.70. The third-order valence-corrected chi connectivity index (χ3v) is 3.45. The molecule has 1 unspecified atom stereocenters. The summed E-state index contributed by atoms with van der Waals surface area (Å²) in [6, 6.07) is 4.27. The predicted molar refractivity (Wildman–Crippen MR) is 77.1 cm³/mol. The number of rotatable bonds is 7. The van der Waals surface area contributed by atoms with Crippen molar-refractivity contribution in [2.24, 2.45) is 0 Å². The molecule has 18 heavy (non-hydrogen) atoms. The van der Waals surface area contributed by atoms with Crippen LogP contribution in [0.25, 0.3) is 0 Å². The van der Waals surface area contributed by atoms with Crippen LogP contribution in [0.15, 0.2) is 16.9 Å². The number of nitrogens with one attached hydrogen (secondary N) is 1. The van der Waals surface area contributed by atoms with Gasteiger partial charge in [0, 0.05) is 23.8 Å². The molecular weight excluding hydrogens is 224 g/mol. The molecular formula is C15H26N2O. The summed E-state index contributed by atoms with van der Waals surface area (Å²) in [7, 11) is 0. The van der Waals surface area contributed by atoms with Crippen LogP contribution in [-0.4, -0.2) is 11.1 Å². The Morgan fingerprint density at radius 3 is 2.67 bits per heavy atom. The number of nitrogens with zero attached hydrogens (tertiary/aromatic N) is 1. The Labute approximate surface area is 110 Å². The Morgan fingerprint density at radius 2 is 2.06 bits per heavy atom. The highest BCUT2D eigenvalue weighted by Crippen LogP contribution is 2.10. The number of unbranched alkanes of at least 4 members (excludes halogenated alkanes) is 1. The lowest BCUT2D eigenvalue weighted by Crippen LogP contribution is -2.30. The van der Waals surface area contributed by atoms with E-state index in [-0.39, 0.29) is 11.6 Å². The summed E-state index contributed by atoms with van der Waals surface area (Å²) in [5, 5.41) is 3.33. The molecule has 3 heteroatoms. The van der Waals surface area contributed by atoms with Crippen LogP contribution in [0.5, 0.6) is 0 Å². The van der Waals surface area contributed by atoms with Crippen molar-refractivity contribution in [3.05, 3.63) is 33.7 Å². The van der Waals surface area contributed by atoms with Crippen LogP contribution in [0.3, 0.4) is 0 Å². The van der Waals surface area contributed by atoms with E-state index < -0.39 is 0 Å². The number of hydrogen-bond donors (Lipinski definition) is 1. The van der Waals surface area contributed by atoms with Crippen LogP contribution in [0.1, 0.15) is 57.3 Å². The quantitative estimate of drug-likeness (QED) is 0.755. The van der Waals surface area contributed by atoms with Crippen LogP contribution in [0.4, 0.5) is 0 Å². The summed E-state index contributed by atoms with van der Waals surface area (Å²) < 4.78 is 1.91. The number of aromatic nitrogens is 1. The zero-order chi connectivity index (χ0) is 13.5. The van der Waals surface area contributed by atoms with Crippen LogP contribution >= 0.6 is 0 Å². The van der Waals surface area contributed by atoms with Gasteiger partial charge < -0.3 is 9.88 Å². The molecule has 0 spiro atoms. The third-order valence-electron chi connectivity index (χ3n) is 3.45. The lowest BCUT2D eigenvalue weighted by atomic mass is 10.2. The van der Waals surface area contributed by atoms with E-state index in [0.29, 0.717) is 6.54 Å². The van der Waals surface area contributed by atoms with Crippen molar-refractivity contribution in [3.8, 4) is 0 Å². The molecule has 0 radical (unpaired) electrons. The van der Waals surface area contributed by atoms with Gasteiger partial charge in [-0.1, -0.05) is 26.3 Å². The minimum Gasteiger partial charge on any atom is -0.312 e. The molecule has 0 aliphatic rings. The van der Waals surface area contributed by atoms with Gasteiger partial charge in [-0.25, -0.2) is 0 Å². The van der Waals surface area contributed by atoms with Gasteiger partial charge in [0.1, 0.15) is 0 Å². The average molecular weight is 250 g/mol. The van der Waals surface area contributed by atoms with E-state index in [0.717, 1.165) is 30.6 Å². The fraction of sp³-hybridized carbons (Fsp3) is 0.667. The van der Waals surface area contributed by atoms with Crippen LogP contribution in [0, 0.1) is 6.92 Å².